The molecule has 1 atom stereocenters. The molecule has 86 valence electrons. The number of carboxylic acid groups (broad SMARTS) is 1. The minimum atomic E-state index is -1.06. The van der Waals surface area contributed by atoms with Crippen molar-refractivity contribution in [2.24, 2.45) is 0 Å². The van der Waals surface area contributed by atoms with Crippen molar-refractivity contribution in [1.29, 1.82) is 0 Å². The number of rotatable bonds is 3. The van der Waals surface area contributed by atoms with Crippen LogP contribution in [-0.4, -0.2) is 23.0 Å². The van der Waals surface area contributed by atoms with Crippen molar-refractivity contribution in [3.8, 4) is 0 Å². The third-order valence-electron chi connectivity index (χ3n) is 2.08. The van der Waals surface area contributed by atoms with Gasteiger partial charge in [-0.1, -0.05) is 11.6 Å². The molecule has 4 nitrogen and oxygen atoms in total. The maximum atomic E-state index is 11.7. The van der Waals surface area contributed by atoms with Crippen LogP contribution in [0, 0.1) is 6.92 Å². The lowest BCUT2D eigenvalue weighted by molar-refractivity contribution is -0.138. The standard InChI is InChI=1S/C11H12BrNO3/c1-6-3-4-9(12)8(5-6)10(14)13-7(2)11(15)16/h3-5,7H,1-2H3,(H,13,14)(H,15,16). The van der Waals surface area contributed by atoms with Crippen LogP contribution in [0.4, 0.5) is 0 Å². The van der Waals surface area contributed by atoms with Crippen molar-refractivity contribution in [1.82, 2.24) is 5.32 Å². The molecule has 0 bridgehead atoms. The first-order chi connectivity index (χ1) is 7.41. The molecule has 1 aromatic carbocycles. The Balaban J connectivity index is 2.88. The van der Waals surface area contributed by atoms with E-state index in [9.17, 15) is 9.59 Å². The smallest absolute Gasteiger partial charge is 0.325 e. The Morgan fingerprint density at radius 3 is 2.62 bits per heavy atom. The molecule has 0 radical (unpaired) electrons. The number of carbonyl (C=O) groups is 2. The molecule has 2 N–H and O–H groups in total. The summed E-state index contributed by atoms with van der Waals surface area (Å²) < 4.78 is 0.646. The van der Waals surface area contributed by atoms with Crippen LogP contribution in [0.1, 0.15) is 22.8 Å². The number of hydrogen-bond acceptors (Lipinski definition) is 2. The third-order valence-corrected chi connectivity index (χ3v) is 2.78. The van der Waals surface area contributed by atoms with Crippen LogP contribution in [0.5, 0.6) is 0 Å². The van der Waals surface area contributed by atoms with Gasteiger partial charge in [0.25, 0.3) is 5.91 Å². The quantitative estimate of drug-likeness (QED) is 0.892. The number of aryl methyl sites for hydroxylation is 1. The molecular formula is C11H12BrNO3. The average molecular weight is 286 g/mol. The highest BCUT2D eigenvalue weighted by Gasteiger charge is 2.16. The number of nitrogens with one attached hydrogen (secondary N) is 1. The topological polar surface area (TPSA) is 66.4 Å². The van der Waals surface area contributed by atoms with Crippen LogP contribution in [-0.2, 0) is 4.79 Å². The van der Waals surface area contributed by atoms with Crippen LogP contribution in [0.2, 0.25) is 0 Å². The van der Waals surface area contributed by atoms with Gasteiger partial charge in [0.1, 0.15) is 6.04 Å². The summed E-state index contributed by atoms with van der Waals surface area (Å²) in [5.74, 6) is -1.46. The molecule has 1 unspecified atom stereocenters. The second-order valence-electron chi connectivity index (χ2n) is 3.52. The van der Waals surface area contributed by atoms with Gasteiger partial charge in [-0.25, -0.2) is 0 Å². The van der Waals surface area contributed by atoms with E-state index in [1.165, 1.54) is 6.92 Å². The van der Waals surface area contributed by atoms with Gasteiger partial charge in [-0.05, 0) is 41.9 Å². The Kier molecular flexibility index (Phi) is 4.06. The lowest BCUT2D eigenvalue weighted by atomic mass is 10.1. The van der Waals surface area contributed by atoms with Gasteiger partial charge < -0.3 is 10.4 Å². The molecule has 5 heteroatoms. The van der Waals surface area contributed by atoms with E-state index in [0.29, 0.717) is 10.0 Å². The van der Waals surface area contributed by atoms with E-state index in [1.807, 2.05) is 13.0 Å². The van der Waals surface area contributed by atoms with Crippen LogP contribution in [0.3, 0.4) is 0 Å². The second kappa shape index (κ2) is 5.12. The van der Waals surface area contributed by atoms with Gasteiger partial charge in [-0.15, -0.1) is 0 Å². The monoisotopic (exact) mass is 285 g/mol. The van der Waals surface area contributed by atoms with Gasteiger partial charge >= 0.3 is 5.97 Å². The number of halogens is 1. The molecule has 0 aromatic heterocycles. The van der Waals surface area contributed by atoms with Crippen molar-refractivity contribution in [2.45, 2.75) is 19.9 Å². The number of hydrogen-bond donors (Lipinski definition) is 2. The predicted octanol–water partition coefficient (Wildman–Crippen LogP) is 1.96. The molecule has 0 aliphatic rings. The Hall–Kier alpha value is -1.36. The molecule has 0 aliphatic carbocycles. The van der Waals surface area contributed by atoms with E-state index in [-0.39, 0.29) is 0 Å². The second-order valence-corrected chi connectivity index (χ2v) is 4.37. The highest BCUT2D eigenvalue weighted by atomic mass is 79.9. The molecule has 0 fully saturated rings. The summed E-state index contributed by atoms with van der Waals surface area (Å²) in [5, 5.41) is 11.1. The molecule has 16 heavy (non-hydrogen) atoms. The molecule has 0 aliphatic heterocycles. The van der Waals surface area contributed by atoms with Crippen molar-refractivity contribution < 1.29 is 14.7 Å². The summed E-state index contributed by atoms with van der Waals surface area (Å²) in [4.78, 5) is 22.3. The first-order valence-electron chi connectivity index (χ1n) is 4.71. The van der Waals surface area contributed by atoms with Crippen molar-refractivity contribution in [3.05, 3.63) is 33.8 Å². The fourth-order valence-electron chi connectivity index (χ4n) is 1.15. The number of amides is 1. The molecule has 1 amide bonds. The molecule has 1 aromatic rings. The lowest BCUT2D eigenvalue weighted by Crippen LogP contribution is -2.38. The Morgan fingerprint density at radius 2 is 2.06 bits per heavy atom. The van der Waals surface area contributed by atoms with Crippen LogP contribution >= 0.6 is 15.9 Å². The van der Waals surface area contributed by atoms with Crippen LogP contribution in [0.25, 0.3) is 0 Å². The molecule has 0 saturated carbocycles. The van der Waals surface area contributed by atoms with Gasteiger partial charge in [0.15, 0.2) is 0 Å². The summed E-state index contributed by atoms with van der Waals surface area (Å²) in [7, 11) is 0. The fourth-order valence-corrected chi connectivity index (χ4v) is 1.58. The Labute approximate surface area is 102 Å². The summed E-state index contributed by atoms with van der Waals surface area (Å²) >= 11 is 3.25. The molecule has 0 spiro atoms. The highest BCUT2D eigenvalue weighted by molar-refractivity contribution is 9.10. The third kappa shape index (κ3) is 3.06. The molecular weight excluding hydrogens is 274 g/mol. The zero-order valence-electron chi connectivity index (χ0n) is 8.95. The van der Waals surface area contributed by atoms with Gasteiger partial charge in [-0.3, -0.25) is 9.59 Å². The van der Waals surface area contributed by atoms with E-state index in [1.54, 1.807) is 12.1 Å². The van der Waals surface area contributed by atoms with Crippen molar-refractivity contribution in [3.63, 3.8) is 0 Å². The zero-order valence-corrected chi connectivity index (χ0v) is 10.5. The maximum Gasteiger partial charge on any atom is 0.325 e. The average Bonchev–Trinajstić information content (AvgIpc) is 2.21. The summed E-state index contributed by atoms with van der Waals surface area (Å²) in [6.07, 6.45) is 0. The molecule has 1 rings (SSSR count). The van der Waals surface area contributed by atoms with E-state index < -0.39 is 17.9 Å². The first-order valence-corrected chi connectivity index (χ1v) is 5.51. The Morgan fingerprint density at radius 1 is 1.44 bits per heavy atom. The number of aliphatic carboxylic acids is 1. The summed E-state index contributed by atoms with van der Waals surface area (Å²) in [5.41, 5.74) is 1.38. The highest BCUT2D eigenvalue weighted by Crippen LogP contribution is 2.18. The molecule has 0 heterocycles. The van der Waals surface area contributed by atoms with Gasteiger partial charge in [-0.2, -0.15) is 0 Å². The van der Waals surface area contributed by atoms with E-state index >= 15 is 0 Å². The van der Waals surface area contributed by atoms with Crippen LogP contribution < -0.4 is 5.32 Å². The van der Waals surface area contributed by atoms with Gasteiger partial charge in [0.05, 0.1) is 5.56 Å². The SMILES string of the molecule is Cc1ccc(Br)c(C(=O)NC(C)C(=O)O)c1. The predicted molar refractivity (Wildman–Crippen MR) is 63.4 cm³/mol. The number of benzene rings is 1. The van der Waals surface area contributed by atoms with Gasteiger partial charge in [0.2, 0.25) is 0 Å². The van der Waals surface area contributed by atoms with Gasteiger partial charge in [0, 0.05) is 4.47 Å². The minimum absolute atomic E-state index is 0.398. The Bertz CT molecular complexity index is 431. The fraction of sp³-hybridized carbons (Fsp3) is 0.273. The van der Waals surface area contributed by atoms with Crippen molar-refractivity contribution in [2.75, 3.05) is 0 Å². The normalized spacial score (nSPS) is 11.9. The summed E-state index contributed by atoms with van der Waals surface area (Å²) in [6, 6.07) is 4.42. The number of carboxylic acids is 1. The minimum Gasteiger partial charge on any atom is -0.480 e. The summed E-state index contributed by atoms with van der Waals surface area (Å²) in [6.45, 7) is 3.29. The maximum absolute atomic E-state index is 11.7. The first kappa shape index (κ1) is 12.7. The van der Waals surface area contributed by atoms with Crippen molar-refractivity contribution >= 4 is 27.8 Å². The lowest BCUT2D eigenvalue weighted by Gasteiger charge is -2.10. The van der Waals surface area contributed by atoms with E-state index in [2.05, 4.69) is 21.2 Å². The zero-order chi connectivity index (χ0) is 12.3. The number of carbonyl (C=O) groups excluding carboxylic acids is 1. The largest absolute Gasteiger partial charge is 0.480 e. The van der Waals surface area contributed by atoms with Crippen LogP contribution in [0.15, 0.2) is 22.7 Å². The molecule has 0 saturated heterocycles. The van der Waals surface area contributed by atoms with E-state index in [4.69, 9.17) is 5.11 Å². The van der Waals surface area contributed by atoms with E-state index in [0.717, 1.165) is 5.56 Å².